The molecule has 0 bridgehead atoms. The maximum Gasteiger partial charge on any atom is 0.259 e. The summed E-state index contributed by atoms with van der Waals surface area (Å²) in [5, 5.41) is 7.58. The smallest absolute Gasteiger partial charge is 0.259 e. The second-order valence-corrected chi connectivity index (χ2v) is 9.70. The van der Waals surface area contributed by atoms with Crippen LogP contribution in [0.3, 0.4) is 0 Å². The Morgan fingerprint density at radius 1 is 1.05 bits per heavy atom. The molecule has 4 aromatic rings. The van der Waals surface area contributed by atoms with Gasteiger partial charge in [0, 0.05) is 59.1 Å². The van der Waals surface area contributed by atoms with Gasteiger partial charge in [0.05, 0.1) is 17.6 Å². The van der Waals surface area contributed by atoms with Crippen LogP contribution in [-0.4, -0.2) is 44.1 Å². The standard InChI is InChI=1S/C21H19ClN6O.C7H15N.C2H2/c1-4-24-21-25-10-14-7-16(20(29)28(3)19(14)27-21)15-6-5-13(8-17(15)22)18-11-23-9-12(2)26-18;1-8-7-5-3-2-4-6-7;1-2/h5-11H,4H2,1-3H3,(H,24,25,27);7-8H,2-6H2,1H3;1-2H. The molecule has 1 saturated carbocycles. The highest BCUT2D eigenvalue weighted by Crippen LogP contribution is 2.31. The van der Waals surface area contributed by atoms with Gasteiger partial charge in [-0.2, -0.15) is 4.98 Å². The van der Waals surface area contributed by atoms with Crippen LogP contribution in [0, 0.1) is 19.8 Å². The van der Waals surface area contributed by atoms with Crippen molar-refractivity contribution >= 4 is 28.6 Å². The van der Waals surface area contributed by atoms with Crippen molar-refractivity contribution in [2.45, 2.75) is 52.0 Å². The number of hydrogen-bond donors (Lipinski definition) is 2. The molecule has 1 aliphatic rings. The molecule has 0 atom stereocenters. The third kappa shape index (κ3) is 7.41. The number of pyridine rings is 1. The monoisotopic (exact) mass is 545 g/mol. The largest absolute Gasteiger partial charge is 0.354 e. The maximum absolute atomic E-state index is 13.0. The summed E-state index contributed by atoms with van der Waals surface area (Å²) in [7, 11) is 3.76. The minimum Gasteiger partial charge on any atom is -0.354 e. The fraction of sp³-hybridized carbons (Fsp3) is 0.367. The molecule has 3 heterocycles. The molecule has 3 aromatic heterocycles. The van der Waals surface area contributed by atoms with Crippen LogP contribution in [0.5, 0.6) is 0 Å². The van der Waals surface area contributed by atoms with Crippen molar-refractivity contribution in [2.75, 3.05) is 18.9 Å². The van der Waals surface area contributed by atoms with Gasteiger partial charge in [0.15, 0.2) is 0 Å². The van der Waals surface area contributed by atoms with Gasteiger partial charge < -0.3 is 10.6 Å². The molecule has 1 aromatic carbocycles. The lowest BCUT2D eigenvalue weighted by atomic mass is 9.96. The summed E-state index contributed by atoms with van der Waals surface area (Å²) >= 11 is 6.56. The summed E-state index contributed by atoms with van der Waals surface area (Å²) in [6.45, 7) is 4.54. The number of hydrogen-bond acceptors (Lipinski definition) is 7. The predicted octanol–water partition coefficient (Wildman–Crippen LogP) is 5.63. The Kier molecular flexibility index (Phi) is 11.0. The molecule has 204 valence electrons. The number of benzene rings is 1. The molecular weight excluding hydrogens is 510 g/mol. The highest BCUT2D eigenvalue weighted by atomic mass is 35.5. The van der Waals surface area contributed by atoms with E-state index in [0.29, 0.717) is 34.3 Å². The Morgan fingerprint density at radius 2 is 1.79 bits per heavy atom. The average Bonchev–Trinajstić information content (AvgIpc) is 2.97. The number of nitrogens with zero attached hydrogens (tertiary/aromatic N) is 5. The first kappa shape index (κ1) is 29.8. The van der Waals surface area contributed by atoms with Gasteiger partial charge in [0.2, 0.25) is 5.95 Å². The zero-order valence-electron chi connectivity index (χ0n) is 23.0. The van der Waals surface area contributed by atoms with E-state index in [4.69, 9.17) is 11.6 Å². The number of rotatable bonds is 5. The van der Waals surface area contributed by atoms with Crippen LogP contribution in [0.4, 0.5) is 5.95 Å². The van der Waals surface area contributed by atoms with E-state index in [1.165, 1.54) is 36.7 Å². The summed E-state index contributed by atoms with van der Waals surface area (Å²) < 4.78 is 1.52. The van der Waals surface area contributed by atoms with Crippen LogP contribution in [0.2, 0.25) is 5.02 Å². The van der Waals surface area contributed by atoms with Crippen molar-refractivity contribution in [3.8, 4) is 35.2 Å². The number of aromatic nitrogens is 5. The third-order valence-corrected chi connectivity index (χ3v) is 6.92. The van der Waals surface area contributed by atoms with Crippen molar-refractivity contribution in [3.63, 3.8) is 0 Å². The zero-order chi connectivity index (χ0) is 28.4. The van der Waals surface area contributed by atoms with Gasteiger partial charge in [-0.1, -0.05) is 43.0 Å². The highest BCUT2D eigenvalue weighted by molar-refractivity contribution is 6.33. The van der Waals surface area contributed by atoms with E-state index in [1.54, 1.807) is 37.8 Å². The lowest BCUT2D eigenvalue weighted by molar-refractivity contribution is 0.394. The number of anilines is 1. The van der Waals surface area contributed by atoms with Gasteiger partial charge in [-0.05, 0) is 45.9 Å². The molecule has 8 nitrogen and oxygen atoms in total. The molecular formula is C30H36ClN7O. The minimum atomic E-state index is -0.177. The molecule has 0 spiro atoms. The topological polar surface area (TPSA) is 97.6 Å². The number of terminal acetylenes is 1. The van der Waals surface area contributed by atoms with E-state index >= 15 is 0 Å². The first-order valence-corrected chi connectivity index (χ1v) is 13.5. The van der Waals surface area contributed by atoms with E-state index in [1.807, 2.05) is 26.0 Å². The van der Waals surface area contributed by atoms with Crippen molar-refractivity contribution in [2.24, 2.45) is 7.05 Å². The lowest BCUT2D eigenvalue weighted by Gasteiger charge is -2.20. The lowest BCUT2D eigenvalue weighted by Crippen LogP contribution is -2.26. The number of fused-ring (bicyclic) bond motifs is 1. The summed E-state index contributed by atoms with van der Waals surface area (Å²) in [4.78, 5) is 30.4. The molecule has 9 heteroatoms. The van der Waals surface area contributed by atoms with Gasteiger partial charge in [0.1, 0.15) is 5.65 Å². The molecule has 2 N–H and O–H groups in total. The highest BCUT2D eigenvalue weighted by Gasteiger charge is 2.15. The Bertz CT molecular complexity index is 1480. The Balaban J connectivity index is 0.000000357. The van der Waals surface area contributed by atoms with Crippen LogP contribution < -0.4 is 16.2 Å². The maximum atomic E-state index is 13.0. The Morgan fingerprint density at radius 3 is 2.41 bits per heavy atom. The SMILES string of the molecule is C#C.CCNc1ncc2cc(-c3ccc(-c4cncc(C)n4)cc3Cl)c(=O)n(C)c2n1.CNC1CCCCC1. The molecule has 0 radical (unpaired) electrons. The summed E-state index contributed by atoms with van der Waals surface area (Å²) in [5.74, 6) is 0.490. The Labute approximate surface area is 235 Å². The summed E-state index contributed by atoms with van der Waals surface area (Å²) in [6.07, 6.45) is 20.2. The summed E-state index contributed by atoms with van der Waals surface area (Å²) in [6, 6.07) is 8.14. The molecule has 0 aliphatic heterocycles. The van der Waals surface area contributed by atoms with Crippen molar-refractivity contribution in [1.29, 1.82) is 0 Å². The second kappa shape index (κ2) is 14.4. The first-order chi connectivity index (χ1) is 18.9. The minimum absolute atomic E-state index is 0.177. The Hall–Kier alpha value is -3.80. The van der Waals surface area contributed by atoms with Gasteiger partial charge in [-0.3, -0.25) is 14.3 Å². The number of aryl methyl sites for hydroxylation is 2. The molecule has 0 saturated heterocycles. The fourth-order valence-electron chi connectivity index (χ4n) is 4.57. The molecule has 1 aliphatic carbocycles. The van der Waals surface area contributed by atoms with Crippen LogP contribution in [0.25, 0.3) is 33.4 Å². The van der Waals surface area contributed by atoms with E-state index in [-0.39, 0.29) is 5.56 Å². The van der Waals surface area contributed by atoms with E-state index in [2.05, 4.69) is 50.5 Å². The van der Waals surface area contributed by atoms with Gasteiger partial charge in [0.25, 0.3) is 5.56 Å². The third-order valence-electron chi connectivity index (χ3n) is 6.61. The predicted molar refractivity (Wildman–Crippen MR) is 161 cm³/mol. The van der Waals surface area contributed by atoms with Gasteiger partial charge >= 0.3 is 0 Å². The van der Waals surface area contributed by atoms with Crippen molar-refractivity contribution < 1.29 is 0 Å². The van der Waals surface area contributed by atoms with Crippen molar-refractivity contribution in [1.82, 2.24) is 29.8 Å². The first-order valence-electron chi connectivity index (χ1n) is 13.1. The zero-order valence-corrected chi connectivity index (χ0v) is 23.8. The second-order valence-electron chi connectivity index (χ2n) is 9.29. The van der Waals surface area contributed by atoms with E-state index in [0.717, 1.165) is 28.4 Å². The van der Waals surface area contributed by atoms with Crippen LogP contribution in [-0.2, 0) is 7.05 Å². The molecule has 0 unspecified atom stereocenters. The van der Waals surface area contributed by atoms with Gasteiger partial charge in [-0.25, -0.2) is 9.97 Å². The van der Waals surface area contributed by atoms with E-state index in [9.17, 15) is 4.79 Å². The number of nitrogens with one attached hydrogen (secondary N) is 2. The fourth-order valence-corrected chi connectivity index (χ4v) is 4.85. The van der Waals surface area contributed by atoms with Gasteiger partial charge in [-0.15, -0.1) is 12.8 Å². The number of halogens is 1. The van der Waals surface area contributed by atoms with Crippen molar-refractivity contribution in [3.05, 3.63) is 63.9 Å². The van der Waals surface area contributed by atoms with Crippen LogP contribution >= 0.6 is 11.6 Å². The molecule has 39 heavy (non-hydrogen) atoms. The van der Waals surface area contributed by atoms with E-state index < -0.39 is 0 Å². The summed E-state index contributed by atoms with van der Waals surface area (Å²) in [5.41, 5.74) is 3.92. The van der Waals surface area contributed by atoms with Crippen LogP contribution in [0.1, 0.15) is 44.7 Å². The van der Waals surface area contributed by atoms with Crippen LogP contribution in [0.15, 0.2) is 47.7 Å². The molecule has 0 amide bonds. The average molecular weight is 546 g/mol. The normalized spacial score (nSPS) is 13.1. The quantitative estimate of drug-likeness (QED) is 0.313. The molecule has 5 rings (SSSR count). The molecule has 1 fully saturated rings.